The molecule has 0 radical (unpaired) electrons. The third-order valence-electron chi connectivity index (χ3n) is 2.35. The number of Topliss-reactive ketones (excluding diaryl/α,β-unsaturated/α-hetero) is 1. The number of hydrogen-bond acceptors (Lipinski definition) is 2. The molecule has 100 valence electrons. The molecule has 1 aromatic carbocycles. The fourth-order valence-electron chi connectivity index (χ4n) is 1.44. The average Bonchev–Trinajstić information content (AvgIpc) is 2.28. The van der Waals surface area contributed by atoms with Gasteiger partial charge in [0.1, 0.15) is 0 Å². The van der Waals surface area contributed by atoms with E-state index in [-0.39, 0.29) is 22.2 Å². The van der Waals surface area contributed by atoms with E-state index in [9.17, 15) is 18.0 Å². The maximum Gasteiger partial charge on any atom is 0.417 e. The first-order valence-corrected chi connectivity index (χ1v) is 6.04. The predicted octanol–water partition coefficient (Wildman–Crippen LogP) is 4.08. The number of benzene rings is 1. The maximum atomic E-state index is 12.6. The summed E-state index contributed by atoms with van der Waals surface area (Å²) in [5.74, 6) is -0.315. The Morgan fingerprint density at radius 1 is 1.39 bits per heavy atom. The normalized spacial score (nSPS) is 11.6. The number of halogens is 4. The van der Waals surface area contributed by atoms with Crippen LogP contribution in [0.5, 0.6) is 0 Å². The van der Waals surface area contributed by atoms with Gasteiger partial charge in [-0.25, -0.2) is 0 Å². The van der Waals surface area contributed by atoms with Crippen LogP contribution in [-0.2, 0) is 10.9 Å². The molecular weight excluding hydrogens is 313 g/mol. The van der Waals surface area contributed by atoms with Crippen molar-refractivity contribution in [1.82, 2.24) is 0 Å². The summed E-state index contributed by atoms with van der Waals surface area (Å²) < 4.78 is 42.6. The summed E-state index contributed by atoms with van der Waals surface area (Å²) >= 11 is 2.83. The van der Waals surface area contributed by atoms with Crippen molar-refractivity contribution >= 4 is 21.7 Å². The number of ketones is 1. The van der Waals surface area contributed by atoms with Crippen molar-refractivity contribution in [3.05, 3.63) is 33.8 Å². The fraction of sp³-hybridized carbons (Fsp3) is 0.417. The van der Waals surface area contributed by atoms with E-state index < -0.39 is 11.7 Å². The van der Waals surface area contributed by atoms with Crippen LogP contribution in [0.4, 0.5) is 13.2 Å². The molecule has 0 aliphatic heterocycles. The highest BCUT2D eigenvalue weighted by Crippen LogP contribution is 2.35. The monoisotopic (exact) mass is 324 g/mol. The maximum absolute atomic E-state index is 12.6. The summed E-state index contributed by atoms with van der Waals surface area (Å²) in [5.41, 5.74) is -0.762. The van der Waals surface area contributed by atoms with E-state index in [2.05, 4.69) is 15.9 Å². The Bertz CT molecular complexity index is 430. The second kappa shape index (κ2) is 6.33. The van der Waals surface area contributed by atoms with Crippen molar-refractivity contribution in [2.45, 2.75) is 19.0 Å². The molecule has 0 aromatic heterocycles. The molecule has 0 spiro atoms. The minimum absolute atomic E-state index is 0.0663. The molecular formula is C12H12BrF3O2. The molecule has 2 nitrogen and oxygen atoms in total. The Hall–Kier alpha value is -0.880. The molecule has 6 heteroatoms. The van der Waals surface area contributed by atoms with E-state index in [0.717, 1.165) is 6.07 Å². The highest BCUT2D eigenvalue weighted by Gasteiger charge is 2.33. The molecule has 1 rings (SSSR count). The van der Waals surface area contributed by atoms with Gasteiger partial charge in [0.2, 0.25) is 0 Å². The van der Waals surface area contributed by atoms with Crippen LogP contribution in [-0.4, -0.2) is 19.5 Å². The third kappa shape index (κ3) is 4.10. The van der Waals surface area contributed by atoms with Crippen LogP contribution < -0.4 is 0 Å². The highest BCUT2D eigenvalue weighted by molar-refractivity contribution is 9.10. The van der Waals surface area contributed by atoms with Crippen LogP contribution in [0.15, 0.2) is 22.7 Å². The molecule has 0 unspecified atom stereocenters. The molecule has 0 fully saturated rings. The summed E-state index contributed by atoms with van der Waals surface area (Å²) in [7, 11) is 1.51. The summed E-state index contributed by atoms with van der Waals surface area (Å²) in [6, 6.07) is 3.50. The number of carbonyl (C=O) groups is 1. The Morgan fingerprint density at radius 3 is 2.61 bits per heavy atom. The van der Waals surface area contributed by atoms with Crippen LogP contribution >= 0.6 is 15.9 Å². The van der Waals surface area contributed by atoms with E-state index in [1.54, 1.807) is 0 Å². The van der Waals surface area contributed by atoms with Gasteiger partial charge in [-0.3, -0.25) is 4.79 Å². The van der Waals surface area contributed by atoms with Crippen LogP contribution in [0.1, 0.15) is 28.8 Å². The zero-order valence-electron chi connectivity index (χ0n) is 9.68. The fourth-order valence-corrected chi connectivity index (χ4v) is 1.91. The van der Waals surface area contributed by atoms with Gasteiger partial charge in [0, 0.05) is 30.2 Å². The van der Waals surface area contributed by atoms with Gasteiger partial charge >= 0.3 is 6.18 Å². The van der Waals surface area contributed by atoms with Crippen molar-refractivity contribution in [3.8, 4) is 0 Å². The summed E-state index contributed by atoms with van der Waals surface area (Å²) in [4.78, 5) is 11.7. The second-order valence-corrected chi connectivity index (χ2v) is 4.57. The number of hydrogen-bond donors (Lipinski definition) is 0. The molecule has 18 heavy (non-hydrogen) atoms. The van der Waals surface area contributed by atoms with Crippen LogP contribution in [0.2, 0.25) is 0 Å². The van der Waals surface area contributed by atoms with Gasteiger partial charge in [-0.1, -0.05) is 22.0 Å². The molecule has 0 amide bonds. The van der Waals surface area contributed by atoms with Crippen molar-refractivity contribution in [2.24, 2.45) is 0 Å². The molecule has 0 atom stereocenters. The van der Waals surface area contributed by atoms with Crippen molar-refractivity contribution in [1.29, 1.82) is 0 Å². The molecule has 0 aliphatic rings. The highest BCUT2D eigenvalue weighted by atomic mass is 79.9. The summed E-state index contributed by atoms with van der Waals surface area (Å²) in [6.45, 7) is 0.411. The van der Waals surface area contributed by atoms with E-state index >= 15 is 0 Å². The molecule has 0 saturated heterocycles. The SMILES string of the molecule is COCCCC(=O)c1ccc(Br)c(C(F)(F)F)c1. The van der Waals surface area contributed by atoms with Gasteiger partial charge in [0.25, 0.3) is 0 Å². The van der Waals surface area contributed by atoms with Gasteiger partial charge in [-0.05, 0) is 18.6 Å². The zero-order chi connectivity index (χ0) is 13.8. The largest absolute Gasteiger partial charge is 0.417 e. The number of methoxy groups -OCH3 is 1. The molecule has 0 bridgehead atoms. The van der Waals surface area contributed by atoms with Gasteiger partial charge in [-0.15, -0.1) is 0 Å². The van der Waals surface area contributed by atoms with Crippen molar-refractivity contribution in [2.75, 3.05) is 13.7 Å². The minimum Gasteiger partial charge on any atom is -0.385 e. The quantitative estimate of drug-likeness (QED) is 0.602. The second-order valence-electron chi connectivity index (χ2n) is 3.71. The topological polar surface area (TPSA) is 26.3 Å². The first-order valence-electron chi connectivity index (χ1n) is 5.25. The van der Waals surface area contributed by atoms with E-state index in [4.69, 9.17) is 4.74 Å². The van der Waals surface area contributed by atoms with E-state index in [0.29, 0.717) is 13.0 Å². The molecule has 0 heterocycles. The minimum atomic E-state index is -4.47. The van der Waals surface area contributed by atoms with Crippen LogP contribution in [0.25, 0.3) is 0 Å². The average molecular weight is 325 g/mol. The van der Waals surface area contributed by atoms with Crippen LogP contribution in [0.3, 0.4) is 0 Å². The number of alkyl halides is 3. The summed E-state index contributed by atoms with van der Waals surface area (Å²) in [5, 5.41) is 0. The third-order valence-corrected chi connectivity index (χ3v) is 3.04. The Kier molecular flexibility index (Phi) is 5.34. The Morgan fingerprint density at radius 2 is 2.06 bits per heavy atom. The van der Waals surface area contributed by atoms with Gasteiger partial charge < -0.3 is 4.74 Å². The lowest BCUT2D eigenvalue weighted by molar-refractivity contribution is -0.138. The molecule has 0 saturated carbocycles. The predicted molar refractivity (Wildman–Crippen MR) is 64.6 cm³/mol. The lowest BCUT2D eigenvalue weighted by Gasteiger charge is -2.10. The van der Waals surface area contributed by atoms with Gasteiger partial charge in [0.05, 0.1) is 5.56 Å². The van der Waals surface area contributed by atoms with Gasteiger partial charge in [0.15, 0.2) is 5.78 Å². The lowest BCUT2D eigenvalue weighted by atomic mass is 10.0. The van der Waals surface area contributed by atoms with Gasteiger partial charge in [-0.2, -0.15) is 13.2 Å². The number of carbonyl (C=O) groups excluding carboxylic acids is 1. The number of rotatable bonds is 5. The number of ether oxygens (including phenoxy) is 1. The zero-order valence-corrected chi connectivity index (χ0v) is 11.3. The lowest BCUT2D eigenvalue weighted by Crippen LogP contribution is -2.09. The molecule has 1 aromatic rings. The van der Waals surface area contributed by atoms with Crippen LogP contribution in [0, 0.1) is 0 Å². The Balaban J connectivity index is 2.88. The smallest absolute Gasteiger partial charge is 0.385 e. The Labute approximate surface area is 111 Å². The molecule has 0 aliphatic carbocycles. The van der Waals surface area contributed by atoms with Crippen molar-refractivity contribution < 1.29 is 22.7 Å². The van der Waals surface area contributed by atoms with Crippen molar-refractivity contribution in [3.63, 3.8) is 0 Å². The first-order chi connectivity index (χ1) is 8.36. The van der Waals surface area contributed by atoms with E-state index in [1.165, 1.54) is 19.2 Å². The molecule has 0 N–H and O–H groups in total. The summed E-state index contributed by atoms with van der Waals surface area (Å²) in [6.07, 6.45) is -3.80. The van der Waals surface area contributed by atoms with E-state index in [1.807, 2.05) is 0 Å². The first kappa shape index (κ1) is 15.2. The standard InChI is InChI=1S/C12H12BrF3O2/c1-18-6-2-3-11(17)8-4-5-10(13)9(7-8)12(14,15)16/h4-5,7H,2-3,6H2,1H3.